The summed E-state index contributed by atoms with van der Waals surface area (Å²) in [4.78, 5) is 32.0. The quantitative estimate of drug-likeness (QED) is 0.228. The number of carbonyl (C=O) groups excluding carboxylic acids is 1. The number of rotatable bonds is 7. The lowest BCUT2D eigenvalue weighted by Gasteiger charge is -2.24. The van der Waals surface area contributed by atoms with Crippen molar-refractivity contribution >= 4 is 58.2 Å². The summed E-state index contributed by atoms with van der Waals surface area (Å²) in [7, 11) is 0. The van der Waals surface area contributed by atoms with Crippen LogP contribution < -0.4 is 19.6 Å². The minimum atomic E-state index is -0.715. The van der Waals surface area contributed by atoms with Crippen LogP contribution in [0.3, 0.4) is 0 Å². The molecule has 204 valence electrons. The van der Waals surface area contributed by atoms with Gasteiger partial charge in [-0.25, -0.2) is 9.79 Å². The molecule has 0 aliphatic carbocycles. The Hall–Kier alpha value is -3.36. The van der Waals surface area contributed by atoms with Crippen molar-refractivity contribution < 1.29 is 14.3 Å². The second kappa shape index (κ2) is 12.0. The third-order valence-corrected chi connectivity index (χ3v) is 8.13. The van der Waals surface area contributed by atoms with Gasteiger partial charge in [0.1, 0.15) is 12.4 Å². The lowest BCUT2D eigenvalue weighted by atomic mass is 9.96. The summed E-state index contributed by atoms with van der Waals surface area (Å²) >= 11 is 19.7. The van der Waals surface area contributed by atoms with E-state index in [1.807, 2.05) is 30.3 Å². The zero-order valence-corrected chi connectivity index (χ0v) is 24.6. The van der Waals surface area contributed by atoms with E-state index in [1.165, 1.54) is 15.9 Å². The highest BCUT2D eigenvalue weighted by Crippen LogP contribution is 2.31. The predicted octanol–water partition coefficient (Wildman–Crippen LogP) is 6.34. The van der Waals surface area contributed by atoms with Crippen molar-refractivity contribution in [3.05, 3.63) is 129 Å². The number of para-hydroxylation sites is 1. The normalized spacial score (nSPS) is 15.0. The Labute approximate surface area is 249 Å². The second-order valence-electron chi connectivity index (χ2n) is 8.92. The molecular weight excluding hydrogens is 591 g/mol. The third kappa shape index (κ3) is 5.74. The number of nitrogens with zero attached hydrogens (tertiary/aromatic N) is 2. The predicted molar refractivity (Wildman–Crippen MR) is 159 cm³/mol. The van der Waals surface area contributed by atoms with Crippen LogP contribution in [-0.4, -0.2) is 17.1 Å². The van der Waals surface area contributed by atoms with E-state index in [-0.39, 0.29) is 18.8 Å². The first-order valence-corrected chi connectivity index (χ1v) is 14.3. The molecule has 40 heavy (non-hydrogen) atoms. The molecule has 0 unspecified atom stereocenters. The molecule has 2 heterocycles. The van der Waals surface area contributed by atoms with E-state index < -0.39 is 12.0 Å². The second-order valence-corrected chi connectivity index (χ2v) is 11.2. The molecule has 10 heteroatoms. The standard InChI is InChI=1S/C30H23Cl3N2O4S/c1-3-38-29(37)26-17(2)34-30-35(27(26)18-8-11-21(31)12-9-18)28(36)25(40-30)14-19-6-4-5-7-24(19)39-16-20-10-13-22(32)15-23(20)33/h4-15,27H,3,16H2,1-2H3/b25-14-/t27-/m0/s1. The lowest BCUT2D eigenvalue weighted by Crippen LogP contribution is -2.39. The summed E-state index contributed by atoms with van der Waals surface area (Å²) in [5, 5.41) is 1.60. The van der Waals surface area contributed by atoms with Gasteiger partial charge in [-0.05, 0) is 55.8 Å². The number of benzene rings is 3. The van der Waals surface area contributed by atoms with Crippen LogP contribution in [0.5, 0.6) is 5.75 Å². The average molecular weight is 614 g/mol. The van der Waals surface area contributed by atoms with E-state index in [1.54, 1.807) is 56.3 Å². The van der Waals surface area contributed by atoms with Crippen LogP contribution in [0.2, 0.25) is 15.1 Å². The molecule has 0 radical (unpaired) electrons. The summed E-state index contributed by atoms with van der Waals surface area (Å²) in [6.45, 7) is 3.91. The Morgan fingerprint density at radius 2 is 1.77 bits per heavy atom. The summed E-state index contributed by atoms with van der Waals surface area (Å²) in [6, 6.07) is 19.0. The van der Waals surface area contributed by atoms with Gasteiger partial charge in [-0.3, -0.25) is 9.36 Å². The average Bonchev–Trinajstić information content (AvgIpc) is 3.23. The van der Waals surface area contributed by atoms with Gasteiger partial charge in [0.2, 0.25) is 0 Å². The number of hydrogen-bond donors (Lipinski definition) is 0. The molecule has 0 amide bonds. The number of allylic oxidation sites excluding steroid dienone is 1. The van der Waals surface area contributed by atoms with E-state index >= 15 is 0 Å². The monoisotopic (exact) mass is 612 g/mol. The van der Waals surface area contributed by atoms with Gasteiger partial charge in [-0.15, -0.1) is 0 Å². The summed E-state index contributed by atoms with van der Waals surface area (Å²) in [6.07, 6.45) is 1.77. The maximum Gasteiger partial charge on any atom is 0.338 e. The first-order valence-electron chi connectivity index (χ1n) is 12.4. The summed E-state index contributed by atoms with van der Waals surface area (Å²) < 4.78 is 13.4. The Morgan fingerprint density at radius 1 is 1.05 bits per heavy atom. The SMILES string of the molecule is CCOC(=O)C1=C(C)N=c2s/c(=C\c3ccccc3OCc3ccc(Cl)cc3Cl)c(=O)n2[C@H]1c1ccc(Cl)cc1. The molecular formula is C30H23Cl3N2O4S. The first-order chi connectivity index (χ1) is 19.3. The number of fused-ring (bicyclic) bond motifs is 1. The molecule has 0 saturated heterocycles. The van der Waals surface area contributed by atoms with Gasteiger partial charge in [-0.2, -0.15) is 0 Å². The van der Waals surface area contributed by atoms with Gasteiger partial charge < -0.3 is 9.47 Å². The topological polar surface area (TPSA) is 69.9 Å². The number of ether oxygens (including phenoxy) is 2. The zero-order valence-electron chi connectivity index (χ0n) is 21.5. The minimum Gasteiger partial charge on any atom is -0.488 e. The van der Waals surface area contributed by atoms with Crippen molar-refractivity contribution in [3.8, 4) is 5.75 Å². The van der Waals surface area contributed by atoms with Gasteiger partial charge >= 0.3 is 5.97 Å². The van der Waals surface area contributed by atoms with Crippen molar-refractivity contribution in [1.82, 2.24) is 4.57 Å². The van der Waals surface area contributed by atoms with Crippen LogP contribution in [0.1, 0.15) is 36.6 Å². The van der Waals surface area contributed by atoms with E-state index in [0.717, 1.165) is 11.1 Å². The molecule has 1 aliphatic heterocycles. The molecule has 5 rings (SSSR count). The number of aromatic nitrogens is 1. The van der Waals surface area contributed by atoms with Crippen molar-refractivity contribution in [3.63, 3.8) is 0 Å². The number of halogens is 3. The van der Waals surface area contributed by atoms with Gasteiger partial charge in [0.15, 0.2) is 4.80 Å². The molecule has 1 aliphatic rings. The molecule has 0 fully saturated rings. The molecule has 1 atom stereocenters. The highest BCUT2D eigenvalue weighted by molar-refractivity contribution is 7.07. The van der Waals surface area contributed by atoms with E-state index in [2.05, 4.69) is 4.99 Å². The molecule has 1 aromatic heterocycles. The first kappa shape index (κ1) is 28.2. The fraction of sp³-hybridized carbons (Fsp3) is 0.167. The van der Waals surface area contributed by atoms with Gasteiger partial charge in [0.25, 0.3) is 5.56 Å². The Morgan fingerprint density at radius 3 is 2.50 bits per heavy atom. The smallest absolute Gasteiger partial charge is 0.338 e. The minimum absolute atomic E-state index is 0.200. The molecule has 0 N–H and O–H groups in total. The van der Waals surface area contributed by atoms with Crippen LogP contribution >= 0.6 is 46.1 Å². The number of hydrogen-bond acceptors (Lipinski definition) is 6. The fourth-order valence-electron chi connectivity index (χ4n) is 4.42. The number of esters is 1. The Bertz CT molecular complexity index is 1810. The largest absolute Gasteiger partial charge is 0.488 e. The number of thiazole rings is 1. The van der Waals surface area contributed by atoms with E-state index in [0.29, 0.717) is 47.0 Å². The maximum atomic E-state index is 13.9. The maximum absolute atomic E-state index is 13.9. The van der Waals surface area contributed by atoms with Crippen LogP contribution in [0, 0.1) is 0 Å². The highest BCUT2D eigenvalue weighted by Gasteiger charge is 2.33. The zero-order chi connectivity index (χ0) is 28.4. The van der Waals surface area contributed by atoms with E-state index in [4.69, 9.17) is 44.3 Å². The molecule has 0 saturated carbocycles. The van der Waals surface area contributed by atoms with Gasteiger partial charge in [0.05, 0.1) is 28.5 Å². The van der Waals surface area contributed by atoms with Crippen LogP contribution in [0.4, 0.5) is 0 Å². The third-order valence-electron chi connectivity index (χ3n) is 6.31. The van der Waals surface area contributed by atoms with Crippen LogP contribution in [0.15, 0.2) is 87.8 Å². The Kier molecular flexibility index (Phi) is 8.47. The van der Waals surface area contributed by atoms with Crippen LogP contribution in [-0.2, 0) is 16.1 Å². The molecule has 0 spiro atoms. The Balaban J connectivity index is 1.59. The lowest BCUT2D eigenvalue weighted by molar-refractivity contribution is -0.139. The number of carbonyl (C=O) groups is 1. The van der Waals surface area contributed by atoms with Crippen molar-refractivity contribution in [1.29, 1.82) is 0 Å². The van der Waals surface area contributed by atoms with Crippen molar-refractivity contribution in [2.45, 2.75) is 26.5 Å². The molecule has 6 nitrogen and oxygen atoms in total. The van der Waals surface area contributed by atoms with Crippen LogP contribution in [0.25, 0.3) is 6.08 Å². The summed E-state index contributed by atoms with van der Waals surface area (Å²) in [5.41, 5.74) is 2.74. The van der Waals surface area contributed by atoms with E-state index in [9.17, 15) is 9.59 Å². The highest BCUT2D eigenvalue weighted by atomic mass is 35.5. The van der Waals surface area contributed by atoms with Crippen molar-refractivity contribution in [2.75, 3.05) is 6.61 Å². The van der Waals surface area contributed by atoms with Gasteiger partial charge in [-0.1, -0.05) is 82.5 Å². The molecule has 0 bridgehead atoms. The molecule has 3 aromatic carbocycles. The fourth-order valence-corrected chi connectivity index (χ4v) is 6.05. The molecule has 4 aromatic rings. The van der Waals surface area contributed by atoms with Crippen molar-refractivity contribution in [2.24, 2.45) is 4.99 Å². The summed E-state index contributed by atoms with van der Waals surface area (Å²) in [5.74, 6) is 0.0644. The van der Waals surface area contributed by atoms with Gasteiger partial charge in [0, 0.05) is 26.2 Å².